The lowest BCUT2D eigenvalue weighted by atomic mass is 9.98. The van der Waals surface area contributed by atoms with Crippen molar-refractivity contribution < 1.29 is 9.13 Å². The zero-order valence-electron chi connectivity index (χ0n) is 8.18. The maximum atomic E-state index is 13.7. The van der Waals surface area contributed by atoms with Gasteiger partial charge in [-0.1, -0.05) is 17.7 Å². The lowest BCUT2D eigenvalue weighted by Gasteiger charge is -2.19. The Morgan fingerprint density at radius 3 is 2.64 bits per heavy atom. The highest BCUT2D eigenvalue weighted by Gasteiger charge is 2.24. The summed E-state index contributed by atoms with van der Waals surface area (Å²) in [6, 6.07) is 4.79. The predicted molar refractivity (Wildman–Crippen MR) is 55.5 cm³/mol. The number of alkyl halides is 1. The van der Waals surface area contributed by atoms with E-state index in [-0.39, 0.29) is 6.54 Å². The van der Waals surface area contributed by atoms with E-state index in [1.807, 2.05) is 0 Å². The van der Waals surface area contributed by atoms with Crippen LogP contribution in [0.1, 0.15) is 12.5 Å². The van der Waals surface area contributed by atoms with E-state index >= 15 is 0 Å². The average molecular weight is 218 g/mol. The zero-order chi connectivity index (χ0) is 10.8. The molecule has 0 aliphatic heterocycles. The smallest absolute Gasteiger partial charge is 0.145 e. The van der Waals surface area contributed by atoms with Gasteiger partial charge >= 0.3 is 0 Å². The van der Waals surface area contributed by atoms with Gasteiger partial charge in [-0.05, 0) is 24.6 Å². The molecule has 2 N–H and O–H groups in total. The van der Waals surface area contributed by atoms with Gasteiger partial charge in [-0.3, -0.25) is 0 Å². The molecule has 0 aliphatic carbocycles. The molecule has 78 valence electrons. The summed E-state index contributed by atoms with van der Waals surface area (Å²) < 4.78 is 18.7. The maximum absolute atomic E-state index is 13.7. The molecule has 1 aromatic rings. The van der Waals surface area contributed by atoms with Crippen molar-refractivity contribution in [2.45, 2.75) is 12.6 Å². The van der Waals surface area contributed by atoms with Gasteiger partial charge in [0.25, 0.3) is 0 Å². The zero-order valence-corrected chi connectivity index (χ0v) is 8.94. The molecule has 0 saturated carbocycles. The van der Waals surface area contributed by atoms with E-state index in [0.717, 1.165) is 0 Å². The second kappa shape index (κ2) is 4.15. The van der Waals surface area contributed by atoms with Gasteiger partial charge in [0.15, 0.2) is 0 Å². The van der Waals surface area contributed by atoms with Gasteiger partial charge in [-0.2, -0.15) is 0 Å². The molecular weight excluding hydrogens is 205 g/mol. The third kappa shape index (κ3) is 2.16. The van der Waals surface area contributed by atoms with Crippen LogP contribution in [0.4, 0.5) is 4.39 Å². The van der Waals surface area contributed by atoms with Crippen molar-refractivity contribution in [2.75, 3.05) is 13.7 Å². The summed E-state index contributed by atoms with van der Waals surface area (Å²) in [6.07, 6.45) is 0. The minimum absolute atomic E-state index is 0.0738. The Hall–Kier alpha value is -0.800. The minimum Gasteiger partial charge on any atom is -0.495 e. The van der Waals surface area contributed by atoms with Gasteiger partial charge < -0.3 is 10.5 Å². The first-order valence-electron chi connectivity index (χ1n) is 4.24. The maximum Gasteiger partial charge on any atom is 0.145 e. The first-order chi connectivity index (χ1) is 6.51. The molecule has 14 heavy (non-hydrogen) atoms. The van der Waals surface area contributed by atoms with Crippen LogP contribution in [0.3, 0.4) is 0 Å². The Bertz CT molecular complexity index is 328. The van der Waals surface area contributed by atoms with Crippen LogP contribution in [0.25, 0.3) is 0 Å². The molecule has 0 spiro atoms. The lowest BCUT2D eigenvalue weighted by Crippen LogP contribution is -2.26. The van der Waals surface area contributed by atoms with E-state index < -0.39 is 5.67 Å². The summed E-state index contributed by atoms with van der Waals surface area (Å²) >= 11 is 5.86. The molecule has 0 bridgehead atoms. The Labute approximate surface area is 87.8 Å². The van der Waals surface area contributed by atoms with Gasteiger partial charge in [0, 0.05) is 6.54 Å². The second-order valence-electron chi connectivity index (χ2n) is 3.25. The minimum atomic E-state index is -1.55. The Morgan fingerprint density at radius 1 is 1.57 bits per heavy atom. The van der Waals surface area contributed by atoms with Gasteiger partial charge in [-0.15, -0.1) is 0 Å². The highest BCUT2D eigenvalue weighted by Crippen LogP contribution is 2.31. The SMILES string of the molecule is COc1ccc(C(C)(F)CN)cc1Cl. The van der Waals surface area contributed by atoms with Crippen LogP contribution in [0.15, 0.2) is 18.2 Å². The highest BCUT2D eigenvalue weighted by atomic mass is 35.5. The normalized spacial score (nSPS) is 14.9. The molecule has 1 unspecified atom stereocenters. The third-order valence-electron chi connectivity index (χ3n) is 2.14. The van der Waals surface area contributed by atoms with Crippen molar-refractivity contribution in [1.82, 2.24) is 0 Å². The molecule has 0 radical (unpaired) electrons. The van der Waals surface area contributed by atoms with Crippen LogP contribution in [0.5, 0.6) is 5.75 Å². The molecule has 1 atom stereocenters. The number of halogens is 2. The fraction of sp³-hybridized carbons (Fsp3) is 0.400. The molecular formula is C10H13ClFNO. The van der Waals surface area contributed by atoms with E-state index in [2.05, 4.69) is 0 Å². The molecule has 0 aliphatic rings. The first kappa shape index (κ1) is 11.3. The molecule has 4 heteroatoms. The molecule has 0 amide bonds. The summed E-state index contributed by atoms with van der Waals surface area (Å²) in [5.74, 6) is 0.531. The van der Waals surface area contributed by atoms with Crippen molar-refractivity contribution in [2.24, 2.45) is 5.73 Å². The van der Waals surface area contributed by atoms with E-state index in [0.29, 0.717) is 16.3 Å². The molecule has 2 nitrogen and oxygen atoms in total. The standard InChI is InChI=1S/C10H13ClFNO/c1-10(12,6-13)7-3-4-9(14-2)8(11)5-7/h3-5H,6,13H2,1-2H3. The number of methoxy groups -OCH3 is 1. The van der Waals surface area contributed by atoms with Crippen molar-refractivity contribution in [3.63, 3.8) is 0 Å². The van der Waals surface area contributed by atoms with Gasteiger partial charge in [-0.25, -0.2) is 4.39 Å². The molecule has 0 heterocycles. The number of nitrogens with two attached hydrogens (primary N) is 1. The third-order valence-corrected chi connectivity index (χ3v) is 2.43. The Morgan fingerprint density at radius 2 is 2.21 bits per heavy atom. The van der Waals surface area contributed by atoms with Crippen molar-refractivity contribution >= 4 is 11.6 Å². The highest BCUT2D eigenvalue weighted by molar-refractivity contribution is 6.32. The van der Waals surface area contributed by atoms with E-state index in [1.54, 1.807) is 12.1 Å². The van der Waals surface area contributed by atoms with Crippen molar-refractivity contribution in [3.05, 3.63) is 28.8 Å². The molecule has 0 saturated heterocycles. The number of rotatable bonds is 3. The second-order valence-corrected chi connectivity index (χ2v) is 3.66. The Balaban J connectivity index is 3.08. The van der Waals surface area contributed by atoms with Crippen LogP contribution in [0.2, 0.25) is 5.02 Å². The molecule has 0 fully saturated rings. The van der Waals surface area contributed by atoms with E-state index in [9.17, 15) is 4.39 Å². The Kier molecular flexibility index (Phi) is 3.34. The van der Waals surface area contributed by atoms with Gasteiger partial charge in [0.2, 0.25) is 0 Å². The molecule has 0 aromatic heterocycles. The predicted octanol–water partition coefficient (Wildman–Crippen LogP) is 2.49. The van der Waals surface area contributed by atoms with Crippen LogP contribution in [-0.4, -0.2) is 13.7 Å². The first-order valence-corrected chi connectivity index (χ1v) is 4.62. The van der Waals surface area contributed by atoms with Gasteiger partial charge in [0.1, 0.15) is 11.4 Å². The monoisotopic (exact) mass is 217 g/mol. The topological polar surface area (TPSA) is 35.2 Å². The van der Waals surface area contributed by atoms with Gasteiger partial charge in [0.05, 0.1) is 12.1 Å². The average Bonchev–Trinajstić information content (AvgIpc) is 2.17. The summed E-state index contributed by atoms with van der Waals surface area (Å²) in [7, 11) is 1.51. The van der Waals surface area contributed by atoms with Crippen LogP contribution in [0, 0.1) is 0 Å². The largest absolute Gasteiger partial charge is 0.495 e. The summed E-state index contributed by atoms with van der Waals surface area (Å²) in [6.45, 7) is 1.35. The quantitative estimate of drug-likeness (QED) is 0.845. The van der Waals surface area contributed by atoms with Crippen LogP contribution < -0.4 is 10.5 Å². The molecule has 1 aromatic carbocycles. The number of hydrogen-bond donors (Lipinski definition) is 1. The number of ether oxygens (including phenoxy) is 1. The van der Waals surface area contributed by atoms with Crippen molar-refractivity contribution in [1.29, 1.82) is 0 Å². The number of hydrogen-bond acceptors (Lipinski definition) is 2. The van der Waals surface area contributed by atoms with E-state index in [1.165, 1.54) is 20.1 Å². The molecule has 1 rings (SSSR count). The van der Waals surface area contributed by atoms with Crippen LogP contribution in [-0.2, 0) is 5.67 Å². The van der Waals surface area contributed by atoms with Crippen molar-refractivity contribution in [3.8, 4) is 5.75 Å². The fourth-order valence-electron chi connectivity index (χ4n) is 1.11. The summed E-state index contributed by atoms with van der Waals surface area (Å²) in [5.41, 5.74) is 4.23. The van der Waals surface area contributed by atoms with E-state index in [4.69, 9.17) is 22.1 Å². The number of benzene rings is 1. The summed E-state index contributed by atoms with van der Waals surface area (Å²) in [4.78, 5) is 0. The van der Waals surface area contributed by atoms with Crippen LogP contribution >= 0.6 is 11.6 Å². The fourth-order valence-corrected chi connectivity index (χ4v) is 1.37. The summed E-state index contributed by atoms with van der Waals surface area (Å²) in [5, 5.41) is 0.391. The lowest BCUT2D eigenvalue weighted by molar-refractivity contribution is 0.203.